The fourth-order valence-corrected chi connectivity index (χ4v) is 10.1. The van der Waals surface area contributed by atoms with Crippen LogP contribution in [-0.2, 0) is 9.53 Å². The number of rotatable bonds is 7. The third kappa shape index (κ3) is 4.96. The first-order chi connectivity index (χ1) is 17.6. The van der Waals surface area contributed by atoms with Crippen LogP contribution in [0.15, 0.2) is 35.9 Å². The molecule has 0 N–H and O–H groups in total. The number of hydrogen-bond acceptors (Lipinski definition) is 2. The molecule has 0 bridgehead atoms. The Morgan fingerprint density at radius 2 is 1.70 bits per heavy atom. The van der Waals surface area contributed by atoms with Gasteiger partial charge in [-0.2, -0.15) is 0 Å². The van der Waals surface area contributed by atoms with Gasteiger partial charge < -0.3 is 4.74 Å². The quantitative estimate of drug-likeness (QED) is 0.346. The molecular formula is C35H52O2. The van der Waals surface area contributed by atoms with Crippen molar-refractivity contribution in [2.24, 2.45) is 46.3 Å². The largest absolute Gasteiger partial charge is 0.462 e. The first-order valence-corrected chi connectivity index (χ1v) is 15.6. The van der Waals surface area contributed by atoms with E-state index in [9.17, 15) is 4.79 Å². The molecule has 0 radical (unpaired) electrons. The Labute approximate surface area is 227 Å². The zero-order valence-electron chi connectivity index (χ0n) is 24.5. The fourth-order valence-electron chi connectivity index (χ4n) is 10.1. The van der Waals surface area contributed by atoms with Gasteiger partial charge in [-0.25, -0.2) is 0 Å². The molecule has 204 valence electrons. The number of benzene rings is 1. The van der Waals surface area contributed by atoms with E-state index in [0.717, 1.165) is 54.8 Å². The number of allylic oxidation sites excluding steroid dienone is 1. The number of ether oxygens (including phenoxy) is 1. The minimum Gasteiger partial charge on any atom is -0.462 e. The molecule has 4 aliphatic rings. The number of carbonyl (C=O) groups is 1. The normalized spacial score (nSPS) is 38.1. The summed E-state index contributed by atoms with van der Waals surface area (Å²) < 4.78 is 5.80. The van der Waals surface area contributed by atoms with E-state index in [2.05, 4.69) is 65.0 Å². The van der Waals surface area contributed by atoms with Gasteiger partial charge >= 0.3 is 5.97 Å². The van der Waals surface area contributed by atoms with Gasteiger partial charge in [0.2, 0.25) is 0 Å². The minimum atomic E-state index is -0.128. The van der Waals surface area contributed by atoms with E-state index in [4.69, 9.17) is 4.74 Å². The van der Waals surface area contributed by atoms with Crippen molar-refractivity contribution in [3.8, 4) is 0 Å². The highest BCUT2D eigenvalue weighted by Crippen LogP contribution is 2.69. The number of fused-ring (bicyclic) bond motifs is 5. The summed E-state index contributed by atoms with van der Waals surface area (Å²) in [6, 6.07) is 11.2. The lowest BCUT2D eigenvalue weighted by Crippen LogP contribution is -2.51. The average molecular weight is 505 g/mol. The van der Waals surface area contributed by atoms with Crippen LogP contribution in [0.1, 0.15) is 118 Å². The van der Waals surface area contributed by atoms with E-state index in [0.29, 0.717) is 5.41 Å². The van der Waals surface area contributed by atoms with Crippen LogP contribution in [0.25, 0.3) is 5.57 Å². The van der Waals surface area contributed by atoms with Gasteiger partial charge in [-0.1, -0.05) is 89.8 Å². The van der Waals surface area contributed by atoms with Crippen LogP contribution in [0.5, 0.6) is 0 Å². The lowest BCUT2D eigenvalue weighted by molar-refractivity contribution is -0.148. The third-order valence-electron chi connectivity index (χ3n) is 11.8. The standard InChI is InChI=1S/C35H52O2/c1-23(2)11-10-12-24(3)30-15-16-31-29-22-28(26-13-8-7-9-14-26)33-21-27(37-25(4)36)17-19-35(33,6)32(29)18-20-34(30,31)5/h7-9,13-14,23-24,27,29-32H,10-12,15-22H2,1-6H3. The molecule has 1 aromatic rings. The van der Waals surface area contributed by atoms with E-state index in [1.165, 1.54) is 56.9 Å². The molecule has 4 aliphatic carbocycles. The second kappa shape index (κ2) is 10.5. The Morgan fingerprint density at radius 1 is 0.946 bits per heavy atom. The molecular weight excluding hydrogens is 452 g/mol. The number of hydrogen-bond donors (Lipinski definition) is 0. The van der Waals surface area contributed by atoms with Crippen molar-refractivity contribution in [3.63, 3.8) is 0 Å². The predicted octanol–water partition coefficient (Wildman–Crippen LogP) is 9.49. The number of esters is 1. The van der Waals surface area contributed by atoms with Crippen molar-refractivity contribution in [1.29, 1.82) is 0 Å². The molecule has 2 heteroatoms. The Kier molecular flexibility index (Phi) is 7.69. The Hall–Kier alpha value is -1.57. The molecule has 0 spiro atoms. The maximum absolute atomic E-state index is 11.8. The maximum atomic E-state index is 11.8. The van der Waals surface area contributed by atoms with E-state index < -0.39 is 0 Å². The van der Waals surface area contributed by atoms with Gasteiger partial charge in [0.1, 0.15) is 6.10 Å². The minimum absolute atomic E-state index is 0.0484. The second-order valence-electron chi connectivity index (χ2n) is 14.3. The highest BCUT2D eigenvalue weighted by molar-refractivity contribution is 5.72. The molecule has 8 unspecified atom stereocenters. The summed E-state index contributed by atoms with van der Waals surface area (Å²) >= 11 is 0. The van der Waals surface area contributed by atoms with Gasteiger partial charge in [0.05, 0.1) is 0 Å². The van der Waals surface area contributed by atoms with Crippen LogP contribution in [0.3, 0.4) is 0 Å². The molecule has 3 saturated carbocycles. The first-order valence-electron chi connectivity index (χ1n) is 15.6. The first kappa shape index (κ1) is 27.0. The summed E-state index contributed by atoms with van der Waals surface area (Å²) in [5, 5.41) is 0. The van der Waals surface area contributed by atoms with E-state index >= 15 is 0 Å². The monoisotopic (exact) mass is 504 g/mol. The van der Waals surface area contributed by atoms with Gasteiger partial charge in [-0.15, -0.1) is 0 Å². The molecule has 37 heavy (non-hydrogen) atoms. The van der Waals surface area contributed by atoms with Crippen molar-refractivity contribution in [2.75, 3.05) is 0 Å². The van der Waals surface area contributed by atoms with Crippen molar-refractivity contribution in [3.05, 3.63) is 41.5 Å². The number of carbonyl (C=O) groups excluding carboxylic acids is 1. The average Bonchev–Trinajstić information content (AvgIpc) is 3.21. The molecule has 0 amide bonds. The lowest BCUT2D eigenvalue weighted by Gasteiger charge is -2.59. The fraction of sp³-hybridized carbons (Fsp3) is 0.743. The SMILES string of the molecule is CC(=O)OC1CCC2(C)C(=C(c3ccccc3)CC3C2CCC2(C)C(C(C)CCCC(C)C)CCC32)C1. The van der Waals surface area contributed by atoms with Gasteiger partial charge in [0.25, 0.3) is 0 Å². The molecule has 0 aliphatic heterocycles. The smallest absolute Gasteiger partial charge is 0.302 e. The highest BCUT2D eigenvalue weighted by Gasteiger charge is 2.60. The van der Waals surface area contributed by atoms with Crippen molar-refractivity contribution in [2.45, 2.75) is 118 Å². The van der Waals surface area contributed by atoms with E-state index in [1.54, 1.807) is 18.1 Å². The molecule has 0 aromatic heterocycles. The highest BCUT2D eigenvalue weighted by atomic mass is 16.5. The molecule has 0 heterocycles. The third-order valence-corrected chi connectivity index (χ3v) is 11.8. The zero-order chi connectivity index (χ0) is 26.4. The summed E-state index contributed by atoms with van der Waals surface area (Å²) in [7, 11) is 0. The predicted molar refractivity (Wildman–Crippen MR) is 154 cm³/mol. The molecule has 1 aromatic carbocycles. The van der Waals surface area contributed by atoms with Crippen LogP contribution < -0.4 is 0 Å². The topological polar surface area (TPSA) is 26.3 Å². The molecule has 0 saturated heterocycles. The van der Waals surface area contributed by atoms with Gasteiger partial charge in [0.15, 0.2) is 0 Å². The van der Waals surface area contributed by atoms with Gasteiger partial charge in [-0.3, -0.25) is 4.79 Å². The van der Waals surface area contributed by atoms with Crippen molar-refractivity contribution < 1.29 is 9.53 Å². The molecule has 2 nitrogen and oxygen atoms in total. The van der Waals surface area contributed by atoms with Crippen LogP contribution >= 0.6 is 0 Å². The van der Waals surface area contributed by atoms with E-state index in [1.807, 2.05) is 0 Å². The summed E-state index contributed by atoms with van der Waals surface area (Å²) in [6.45, 7) is 14.2. The van der Waals surface area contributed by atoms with E-state index in [-0.39, 0.29) is 17.5 Å². The zero-order valence-corrected chi connectivity index (χ0v) is 24.5. The lowest BCUT2D eigenvalue weighted by atomic mass is 9.45. The van der Waals surface area contributed by atoms with Crippen molar-refractivity contribution in [1.82, 2.24) is 0 Å². The summed E-state index contributed by atoms with van der Waals surface area (Å²) in [4.78, 5) is 11.8. The Balaban J connectivity index is 1.45. The van der Waals surface area contributed by atoms with Gasteiger partial charge in [0, 0.05) is 13.3 Å². The summed E-state index contributed by atoms with van der Waals surface area (Å²) in [5.41, 5.74) is 5.38. The van der Waals surface area contributed by atoms with Crippen LogP contribution in [0.2, 0.25) is 0 Å². The van der Waals surface area contributed by atoms with Crippen LogP contribution in [0, 0.1) is 46.3 Å². The van der Waals surface area contributed by atoms with Crippen LogP contribution in [0.4, 0.5) is 0 Å². The molecule has 5 rings (SSSR count). The Morgan fingerprint density at radius 3 is 2.41 bits per heavy atom. The van der Waals surface area contributed by atoms with Crippen LogP contribution in [-0.4, -0.2) is 12.1 Å². The van der Waals surface area contributed by atoms with Gasteiger partial charge in [-0.05, 0) is 102 Å². The van der Waals surface area contributed by atoms with Crippen molar-refractivity contribution >= 4 is 11.5 Å². The summed E-state index contributed by atoms with van der Waals surface area (Å²) in [6.07, 6.45) is 14.2. The molecule has 3 fully saturated rings. The summed E-state index contributed by atoms with van der Waals surface area (Å²) in [5.74, 6) is 4.87. The molecule has 8 atom stereocenters. The maximum Gasteiger partial charge on any atom is 0.302 e. The Bertz CT molecular complexity index is 992. The second-order valence-corrected chi connectivity index (χ2v) is 14.3.